The summed E-state index contributed by atoms with van der Waals surface area (Å²) in [4.78, 5) is 11.6. The first-order valence-corrected chi connectivity index (χ1v) is 6.08. The Hall–Kier alpha value is -2.29. The second-order valence-corrected chi connectivity index (χ2v) is 4.51. The van der Waals surface area contributed by atoms with E-state index in [1.165, 1.54) is 6.92 Å². The molecule has 0 heterocycles. The average Bonchev–Trinajstić information content (AvgIpc) is 2.39. The van der Waals surface area contributed by atoms with E-state index >= 15 is 0 Å². The highest BCUT2D eigenvalue weighted by molar-refractivity contribution is 5.97. The van der Waals surface area contributed by atoms with E-state index in [-0.39, 0.29) is 11.5 Å². The van der Waals surface area contributed by atoms with Gasteiger partial charge in [0.15, 0.2) is 5.78 Å². The SMILES string of the molecule is CC(=O)c1cc(C)ccc1OCc1ccc(O)cc1. The molecule has 0 unspecified atom stereocenters. The summed E-state index contributed by atoms with van der Waals surface area (Å²) in [5.41, 5.74) is 2.56. The quantitative estimate of drug-likeness (QED) is 0.852. The molecule has 98 valence electrons. The molecule has 0 amide bonds. The molecule has 0 spiro atoms. The summed E-state index contributed by atoms with van der Waals surface area (Å²) in [6.45, 7) is 3.84. The largest absolute Gasteiger partial charge is 0.508 e. The maximum absolute atomic E-state index is 11.6. The Labute approximate surface area is 112 Å². The molecule has 0 radical (unpaired) electrons. The Kier molecular flexibility index (Phi) is 3.85. The average molecular weight is 256 g/mol. The molecule has 0 aliphatic rings. The zero-order valence-electron chi connectivity index (χ0n) is 11.0. The molecule has 0 saturated carbocycles. The number of carbonyl (C=O) groups is 1. The fraction of sp³-hybridized carbons (Fsp3) is 0.188. The lowest BCUT2D eigenvalue weighted by Gasteiger charge is -2.10. The van der Waals surface area contributed by atoms with Crippen LogP contribution in [0.1, 0.15) is 28.4 Å². The number of ketones is 1. The molecule has 3 nitrogen and oxygen atoms in total. The van der Waals surface area contributed by atoms with E-state index in [1.54, 1.807) is 24.3 Å². The molecule has 0 aromatic heterocycles. The Balaban J connectivity index is 2.15. The Morgan fingerprint density at radius 2 is 1.84 bits per heavy atom. The number of aromatic hydroxyl groups is 1. The molecule has 0 bridgehead atoms. The highest BCUT2D eigenvalue weighted by Gasteiger charge is 2.08. The molecule has 2 aromatic carbocycles. The van der Waals surface area contributed by atoms with Gasteiger partial charge in [-0.1, -0.05) is 23.8 Å². The van der Waals surface area contributed by atoms with Crippen molar-refractivity contribution in [2.24, 2.45) is 0 Å². The number of benzene rings is 2. The molecule has 2 aromatic rings. The zero-order valence-corrected chi connectivity index (χ0v) is 11.0. The lowest BCUT2D eigenvalue weighted by atomic mass is 10.1. The van der Waals surface area contributed by atoms with Gasteiger partial charge in [0, 0.05) is 0 Å². The number of ether oxygens (including phenoxy) is 1. The van der Waals surface area contributed by atoms with Crippen LogP contribution in [-0.2, 0) is 6.61 Å². The predicted molar refractivity (Wildman–Crippen MR) is 73.6 cm³/mol. The van der Waals surface area contributed by atoms with Crippen molar-refractivity contribution in [3.8, 4) is 11.5 Å². The van der Waals surface area contributed by atoms with Gasteiger partial charge in [0.05, 0.1) is 5.56 Å². The third-order valence-electron chi connectivity index (χ3n) is 2.85. The third kappa shape index (κ3) is 3.35. The molecule has 0 fully saturated rings. The predicted octanol–water partition coefficient (Wildman–Crippen LogP) is 3.48. The number of aryl methyl sites for hydroxylation is 1. The van der Waals surface area contributed by atoms with Gasteiger partial charge in [-0.15, -0.1) is 0 Å². The minimum atomic E-state index is -0.00981. The van der Waals surface area contributed by atoms with Gasteiger partial charge in [-0.05, 0) is 43.7 Å². The van der Waals surface area contributed by atoms with Gasteiger partial charge < -0.3 is 9.84 Å². The van der Waals surface area contributed by atoms with Crippen LogP contribution in [0.5, 0.6) is 11.5 Å². The summed E-state index contributed by atoms with van der Waals surface area (Å²) in [6, 6.07) is 12.4. The number of hydrogen-bond acceptors (Lipinski definition) is 3. The fourth-order valence-corrected chi connectivity index (χ4v) is 1.80. The molecule has 0 saturated heterocycles. The number of carbonyl (C=O) groups excluding carboxylic acids is 1. The first-order valence-electron chi connectivity index (χ1n) is 6.08. The van der Waals surface area contributed by atoms with Crippen molar-refractivity contribution in [1.29, 1.82) is 0 Å². The minimum Gasteiger partial charge on any atom is -0.508 e. The van der Waals surface area contributed by atoms with Crippen molar-refractivity contribution < 1.29 is 14.6 Å². The van der Waals surface area contributed by atoms with Gasteiger partial charge in [-0.3, -0.25) is 4.79 Å². The van der Waals surface area contributed by atoms with Crippen LogP contribution in [0.4, 0.5) is 0 Å². The third-order valence-corrected chi connectivity index (χ3v) is 2.85. The van der Waals surface area contributed by atoms with Crippen molar-refractivity contribution in [3.05, 3.63) is 59.2 Å². The number of phenols is 1. The van der Waals surface area contributed by atoms with E-state index in [0.29, 0.717) is 17.9 Å². The lowest BCUT2D eigenvalue weighted by Crippen LogP contribution is -2.02. The van der Waals surface area contributed by atoms with Gasteiger partial charge in [0.25, 0.3) is 0 Å². The lowest BCUT2D eigenvalue weighted by molar-refractivity contribution is 0.101. The molecule has 0 aliphatic heterocycles. The molecule has 0 aliphatic carbocycles. The van der Waals surface area contributed by atoms with Crippen LogP contribution in [0.2, 0.25) is 0 Å². The molecule has 2 rings (SSSR count). The maximum atomic E-state index is 11.6. The summed E-state index contributed by atoms with van der Waals surface area (Å²) in [7, 11) is 0. The molecule has 3 heteroatoms. The van der Waals surface area contributed by atoms with E-state index in [2.05, 4.69) is 0 Å². The summed E-state index contributed by atoms with van der Waals surface area (Å²) >= 11 is 0. The first-order chi connectivity index (χ1) is 9.06. The Morgan fingerprint density at radius 3 is 2.47 bits per heavy atom. The van der Waals surface area contributed by atoms with Crippen LogP contribution in [0, 0.1) is 6.92 Å². The van der Waals surface area contributed by atoms with E-state index in [0.717, 1.165) is 11.1 Å². The van der Waals surface area contributed by atoms with Gasteiger partial charge in [-0.25, -0.2) is 0 Å². The molecule has 0 atom stereocenters. The molecular formula is C16H16O3. The number of Topliss-reactive ketones (excluding diaryl/α,β-unsaturated/α-hetero) is 1. The van der Waals surface area contributed by atoms with Gasteiger partial charge in [0.2, 0.25) is 0 Å². The summed E-state index contributed by atoms with van der Waals surface area (Å²) < 4.78 is 5.68. The normalized spacial score (nSPS) is 10.2. The number of hydrogen-bond donors (Lipinski definition) is 1. The minimum absolute atomic E-state index is 0.00981. The highest BCUT2D eigenvalue weighted by atomic mass is 16.5. The molecular weight excluding hydrogens is 240 g/mol. The summed E-state index contributed by atoms with van der Waals surface area (Å²) in [5, 5.41) is 9.20. The second-order valence-electron chi connectivity index (χ2n) is 4.51. The van der Waals surface area contributed by atoms with Crippen LogP contribution >= 0.6 is 0 Å². The summed E-state index contributed by atoms with van der Waals surface area (Å²) in [5.74, 6) is 0.805. The smallest absolute Gasteiger partial charge is 0.163 e. The fourth-order valence-electron chi connectivity index (χ4n) is 1.80. The van der Waals surface area contributed by atoms with Crippen molar-refractivity contribution in [2.75, 3.05) is 0 Å². The molecule has 19 heavy (non-hydrogen) atoms. The van der Waals surface area contributed by atoms with Gasteiger partial charge in [0.1, 0.15) is 18.1 Å². The topological polar surface area (TPSA) is 46.5 Å². The van der Waals surface area contributed by atoms with Crippen LogP contribution in [0.3, 0.4) is 0 Å². The number of rotatable bonds is 4. The van der Waals surface area contributed by atoms with Crippen LogP contribution in [0.15, 0.2) is 42.5 Å². The monoisotopic (exact) mass is 256 g/mol. The van der Waals surface area contributed by atoms with E-state index in [9.17, 15) is 9.90 Å². The maximum Gasteiger partial charge on any atom is 0.163 e. The standard InChI is InChI=1S/C16H16O3/c1-11-3-8-16(15(9-11)12(2)17)19-10-13-4-6-14(18)7-5-13/h3-9,18H,10H2,1-2H3. The first kappa shape index (κ1) is 13.1. The highest BCUT2D eigenvalue weighted by Crippen LogP contribution is 2.22. The molecule has 1 N–H and O–H groups in total. The Morgan fingerprint density at radius 1 is 1.16 bits per heavy atom. The van der Waals surface area contributed by atoms with Crippen molar-refractivity contribution in [3.63, 3.8) is 0 Å². The van der Waals surface area contributed by atoms with Crippen molar-refractivity contribution in [1.82, 2.24) is 0 Å². The Bertz CT molecular complexity index is 585. The van der Waals surface area contributed by atoms with Crippen molar-refractivity contribution >= 4 is 5.78 Å². The zero-order chi connectivity index (χ0) is 13.8. The van der Waals surface area contributed by atoms with Crippen molar-refractivity contribution in [2.45, 2.75) is 20.5 Å². The van der Waals surface area contributed by atoms with Gasteiger partial charge >= 0.3 is 0 Å². The van der Waals surface area contributed by atoms with Crippen LogP contribution in [0.25, 0.3) is 0 Å². The summed E-state index contributed by atoms with van der Waals surface area (Å²) in [6.07, 6.45) is 0. The second kappa shape index (κ2) is 5.57. The van der Waals surface area contributed by atoms with Crippen LogP contribution < -0.4 is 4.74 Å². The van der Waals surface area contributed by atoms with E-state index < -0.39 is 0 Å². The van der Waals surface area contributed by atoms with E-state index in [1.807, 2.05) is 25.1 Å². The van der Waals surface area contributed by atoms with Crippen LogP contribution in [-0.4, -0.2) is 10.9 Å². The van der Waals surface area contributed by atoms with Gasteiger partial charge in [-0.2, -0.15) is 0 Å². The number of phenolic OH excluding ortho intramolecular Hbond substituents is 1. The van der Waals surface area contributed by atoms with E-state index in [4.69, 9.17) is 4.74 Å².